The van der Waals surface area contributed by atoms with Gasteiger partial charge in [0.25, 0.3) is 0 Å². The van der Waals surface area contributed by atoms with Gasteiger partial charge in [0.15, 0.2) is 0 Å². The Kier molecular flexibility index (Phi) is 3.10. The maximum absolute atomic E-state index is 7.34. The average molecular weight is 226 g/mol. The monoisotopic (exact) mass is 226 g/mol. The Bertz CT molecular complexity index is 532. The molecule has 0 heterocycles. The summed E-state index contributed by atoms with van der Waals surface area (Å²) >= 11 is 0. The van der Waals surface area contributed by atoms with Gasteiger partial charge in [-0.2, -0.15) is 0 Å². The molecule has 2 aromatic carbocycles. The van der Waals surface area contributed by atoms with Crippen molar-refractivity contribution >= 4 is 5.84 Å². The molecule has 0 aromatic heterocycles. The third-order valence-corrected chi connectivity index (χ3v) is 2.61. The minimum absolute atomic E-state index is 0.0802. The maximum Gasteiger partial charge on any atom is 0.126 e. The molecule has 17 heavy (non-hydrogen) atoms. The molecule has 3 N–H and O–H groups in total. The summed E-state index contributed by atoms with van der Waals surface area (Å²) in [7, 11) is 1.66. The molecular weight excluding hydrogens is 212 g/mol. The van der Waals surface area contributed by atoms with Crippen LogP contribution in [0, 0.1) is 5.41 Å². The highest BCUT2D eigenvalue weighted by Crippen LogP contribution is 2.29. The van der Waals surface area contributed by atoms with E-state index in [9.17, 15) is 0 Å². The van der Waals surface area contributed by atoms with Crippen molar-refractivity contribution in [3.05, 3.63) is 54.1 Å². The van der Waals surface area contributed by atoms with Crippen LogP contribution in [0.15, 0.2) is 48.5 Å². The zero-order valence-electron chi connectivity index (χ0n) is 9.60. The van der Waals surface area contributed by atoms with E-state index < -0.39 is 0 Å². The van der Waals surface area contributed by atoms with Crippen LogP contribution in [0.3, 0.4) is 0 Å². The molecular formula is C14H14N2O. The molecule has 0 bridgehead atoms. The summed E-state index contributed by atoms with van der Waals surface area (Å²) in [5.74, 6) is 0.916. The summed E-state index contributed by atoms with van der Waals surface area (Å²) in [5.41, 5.74) is 8.22. The topological polar surface area (TPSA) is 59.1 Å². The van der Waals surface area contributed by atoms with Crippen molar-refractivity contribution in [1.29, 1.82) is 5.41 Å². The molecule has 0 aliphatic heterocycles. The molecule has 86 valence electrons. The molecule has 2 rings (SSSR count). The summed E-state index contributed by atoms with van der Waals surface area (Å²) in [4.78, 5) is 0. The summed E-state index contributed by atoms with van der Waals surface area (Å²) in [6.45, 7) is 0. The second kappa shape index (κ2) is 4.70. The fraction of sp³-hybridized carbons (Fsp3) is 0.0714. The maximum atomic E-state index is 7.34. The van der Waals surface area contributed by atoms with Gasteiger partial charge in [0.05, 0.1) is 7.11 Å². The van der Waals surface area contributed by atoms with E-state index in [1.54, 1.807) is 7.11 Å². The summed E-state index contributed by atoms with van der Waals surface area (Å²) < 4.78 is 5.31. The first-order valence-electron chi connectivity index (χ1n) is 5.30. The number of rotatable bonds is 3. The fourth-order valence-electron chi connectivity index (χ4n) is 1.71. The highest BCUT2D eigenvalue weighted by atomic mass is 16.5. The van der Waals surface area contributed by atoms with Crippen LogP contribution < -0.4 is 10.5 Å². The largest absolute Gasteiger partial charge is 0.496 e. The van der Waals surface area contributed by atoms with Crippen molar-refractivity contribution in [3.63, 3.8) is 0 Å². The smallest absolute Gasteiger partial charge is 0.126 e. The number of methoxy groups -OCH3 is 1. The van der Waals surface area contributed by atoms with Gasteiger partial charge in [-0.25, -0.2) is 0 Å². The van der Waals surface area contributed by atoms with Crippen molar-refractivity contribution in [2.24, 2.45) is 5.73 Å². The van der Waals surface area contributed by atoms with Crippen molar-refractivity contribution in [2.75, 3.05) is 7.11 Å². The van der Waals surface area contributed by atoms with Gasteiger partial charge in [-0.3, -0.25) is 5.41 Å². The van der Waals surface area contributed by atoms with Gasteiger partial charge in [-0.15, -0.1) is 0 Å². The molecule has 0 unspecified atom stereocenters. The molecule has 0 aliphatic rings. The number of para-hydroxylation sites is 1. The molecule has 0 spiro atoms. The lowest BCUT2D eigenvalue weighted by atomic mass is 10.0. The van der Waals surface area contributed by atoms with E-state index in [1.807, 2.05) is 48.5 Å². The molecule has 0 saturated carbocycles. The van der Waals surface area contributed by atoms with Crippen LogP contribution in [0.4, 0.5) is 0 Å². The molecule has 0 atom stereocenters. The molecule has 3 heteroatoms. The van der Waals surface area contributed by atoms with Gasteiger partial charge in [-0.1, -0.05) is 42.5 Å². The van der Waals surface area contributed by atoms with Gasteiger partial charge < -0.3 is 10.5 Å². The van der Waals surface area contributed by atoms with E-state index in [1.165, 1.54) is 0 Å². The quantitative estimate of drug-likeness (QED) is 0.624. The van der Waals surface area contributed by atoms with Crippen molar-refractivity contribution in [2.45, 2.75) is 0 Å². The van der Waals surface area contributed by atoms with Crippen molar-refractivity contribution in [1.82, 2.24) is 0 Å². The van der Waals surface area contributed by atoms with E-state index in [-0.39, 0.29) is 5.84 Å². The first-order valence-corrected chi connectivity index (χ1v) is 5.30. The van der Waals surface area contributed by atoms with Gasteiger partial charge in [-0.05, 0) is 11.6 Å². The number of hydrogen-bond acceptors (Lipinski definition) is 2. The first kappa shape index (κ1) is 11.2. The number of nitrogens with one attached hydrogen (secondary N) is 1. The molecule has 0 amide bonds. The third kappa shape index (κ3) is 2.28. The highest BCUT2D eigenvalue weighted by Gasteiger charge is 2.04. The first-order chi connectivity index (χ1) is 8.22. The van der Waals surface area contributed by atoms with Crippen LogP contribution in [-0.2, 0) is 0 Å². The van der Waals surface area contributed by atoms with Crippen LogP contribution in [-0.4, -0.2) is 12.9 Å². The van der Waals surface area contributed by atoms with Crippen LogP contribution in [0.1, 0.15) is 5.56 Å². The van der Waals surface area contributed by atoms with E-state index in [0.717, 1.165) is 22.4 Å². The van der Waals surface area contributed by atoms with Crippen LogP contribution >= 0.6 is 0 Å². The Morgan fingerprint density at radius 2 is 1.71 bits per heavy atom. The predicted octanol–water partition coefficient (Wildman–Crippen LogP) is 2.65. The normalized spacial score (nSPS) is 9.94. The van der Waals surface area contributed by atoms with Gasteiger partial charge in [0.2, 0.25) is 0 Å². The number of hydrogen-bond donors (Lipinski definition) is 2. The predicted molar refractivity (Wildman–Crippen MR) is 69.4 cm³/mol. The van der Waals surface area contributed by atoms with E-state index in [2.05, 4.69) is 0 Å². The van der Waals surface area contributed by atoms with E-state index in [4.69, 9.17) is 15.9 Å². The Morgan fingerprint density at radius 3 is 2.29 bits per heavy atom. The van der Waals surface area contributed by atoms with Crippen LogP contribution in [0.5, 0.6) is 5.75 Å². The zero-order chi connectivity index (χ0) is 12.3. The number of amidine groups is 1. The second-order valence-electron chi connectivity index (χ2n) is 3.69. The third-order valence-electron chi connectivity index (χ3n) is 2.61. The Balaban J connectivity index is 2.43. The number of nitrogen functional groups attached to an aromatic ring is 1. The van der Waals surface area contributed by atoms with E-state index >= 15 is 0 Å². The van der Waals surface area contributed by atoms with Crippen LogP contribution in [0.2, 0.25) is 0 Å². The molecule has 2 aromatic rings. The Labute approximate surface area is 100 Å². The second-order valence-corrected chi connectivity index (χ2v) is 3.69. The SMILES string of the molecule is COc1ccccc1-c1ccc(C(=N)N)cc1. The Hall–Kier alpha value is -2.29. The molecule has 0 radical (unpaired) electrons. The Morgan fingerprint density at radius 1 is 1.06 bits per heavy atom. The van der Waals surface area contributed by atoms with Crippen LogP contribution in [0.25, 0.3) is 11.1 Å². The zero-order valence-corrected chi connectivity index (χ0v) is 9.60. The van der Waals surface area contributed by atoms with Gasteiger partial charge in [0, 0.05) is 11.1 Å². The lowest BCUT2D eigenvalue weighted by Crippen LogP contribution is -2.10. The molecule has 3 nitrogen and oxygen atoms in total. The van der Waals surface area contributed by atoms with Crippen molar-refractivity contribution in [3.8, 4) is 16.9 Å². The minimum atomic E-state index is 0.0802. The van der Waals surface area contributed by atoms with Gasteiger partial charge in [0.1, 0.15) is 11.6 Å². The fourth-order valence-corrected chi connectivity index (χ4v) is 1.71. The minimum Gasteiger partial charge on any atom is -0.496 e. The lowest BCUT2D eigenvalue weighted by Gasteiger charge is -2.08. The average Bonchev–Trinajstić information content (AvgIpc) is 2.39. The standard InChI is InChI=1S/C14H14N2O/c1-17-13-5-3-2-4-12(13)10-6-8-11(9-7-10)14(15)16/h2-9H,1H3,(H3,15,16). The molecule has 0 aliphatic carbocycles. The summed E-state index contributed by atoms with van der Waals surface area (Å²) in [5, 5.41) is 7.34. The summed E-state index contributed by atoms with van der Waals surface area (Å²) in [6.07, 6.45) is 0. The van der Waals surface area contributed by atoms with Gasteiger partial charge >= 0.3 is 0 Å². The highest BCUT2D eigenvalue weighted by molar-refractivity contribution is 5.95. The number of nitrogens with two attached hydrogens (primary N) is 1. The van der Waals surface area contributed by atoms with Crippen molar-refractivity contribution < 1.29 is 4.74 Å². The lowest BCUT2D eigenvalue weighted by molar-refractivity contribution is 0.416. The molecule has 0 saturated heterocycles. The number of benzene rings is 2. The summed E-state index contributed by atoms with van der Waals surface area (Å²) in [6, 6.07) is 15.4. The molecule has 0 fully saturated rings. The number of ether oxygens (including phenoxy) is 1. The van der Waals surface area contributed by atoms with E-state index in [0.29, 0.717) is 0 Å².